The van der Waals surface area contributed by atoms with Crippen molar-refractivity contribution in [3.8, 4) is 5.69 Å². The lowest BCUT2D eigenvalue weighted by Crippen LogP contribution is -2.54. The summed E-state index contributed by atoms with van der Waals surface area (Å²) in [4.78, 5) is 49.7. The summed E-state index contributed by atoms with van der Waals surface area (Å²) in [6.45, 7) is 5.44. The first-order valence-electron chi connectivity index (χ1n) is 10.1. The van der Waals surface area contributed by atoms with Gasteiger partial charge in [-0.05, 0) is 62.2 Å². The van der Waals surface area contributed by atoms with Gasteiger partial charge < -0.3 is 4.57 Å². The molecule has 1 saturated heterocycles. The van der Waals surface area contributed by atoms with Gasteiger partial charge in [-0.25, -0.2) is 9.69 Å². The number of nitro groups is 1. The van der Waals surface area contributed by atoms with Gasteiger partial charge in [-0.15, -0.1) is 0 Å². The summed E-state index contributed by atoms with van der Waals surface area (Å²) in [6.07, 6.45) is 1.43. The van der Waals surface area contributed by atoms with Crippen molar-refractivity contribution >= 4 is 35.3 Å². The number of anilines is 1. The highest BCUT2D eigenvalue weighted by molar-refractivity contribution is 6.39. The van der Waals surface area contributed by atoms with E-state index in [-0.39, 0.29) is 11.3 Å². The fourth-order valence-electron chi connectivity index (χ4n) is 3.89. The number of benzene rings is 2. The summed E-state index contributed by atoms with van der Waals surface area (Å²) in [5.41, 5.74) is 3.59. The fraction of sp³-hybridized carbons (Fsp3) is 0.125. The van der Waals surface area contributed by atoms with E-state index in [0.717, 1.165) is 16.2 Å². The number of hydrogen-bond acceptors (Lipinski definition) is 5. The molecule has 1 aliphatic rings. The second-order valence-electron chi connectivity index (χ2n) is 7.74. The maximum Gasteiger partial charge on any atom is 0.335 e. The van der Waals surface area contributed by atoms with Crippen LogP contribution in [0.5, 0.6) is 0 Å². The molecule has 4 amide bonds. The van der Waals surface area contributed by atoms with Crippen molar-refractivity contribution in [3.63, 3.8) is 0 Å². The van der Waals surface area contributed by atoms with E-state index in [0.29, 0.717) is 22.6 Å². The number of carbonyl (C=O) groups is 3. The molecule has 1 aromatic heterocycles. The minimum absolute atomic E-state index is 0.0472. The van der Waals surface area contributed by atoms with Crippen molar-refractivity contribution in [3.05, 3.63) is 92.8 Å². The van der Waals surface area contributed by atoms with Crippen LogP contribution in [-0.2, 0) is 9.59 Å². The maximum absolute atomic E-state index is 13.1. The molecule has 1 N–H and O–H groups in total. The Morgan fingerprint density at radius 1 is 0.939 bits per heavy atom. The van der Waals surface area contributed by atoms with Crippen LogP contribution in [-0.4, -0.2) is 27.3 Å². The lowest BCUT2D eigenvalue weighted by atomic mass is 10.1. The number of aromatic nitrogens is 1. The summed E-state index contributed by atoms with van der Waals surface area (Å²) in [5.74, 6) is -1.51. The number of hydrogen-bond donors (Lipinski definition) is 1. The van der Waals surface area contributed by atoms with E-state index in [2.05, 4.69) is 5.32 Å². The number of nitrogens with one attached hydrogen (secondary N) is 1. The van der Waals surface area contributed by atoms with Crippen molar-refractivity contribution in [1.29, 1.82) is 0 Å². The molecule has 2 aromatic carbocycles. The minimum atomic E-state index is -0.810. The molecule has 0 radical (unpaired) electrons. The first kappa shape index (κ1) is 21.7. The quantitative estimate of drug-likeness (QED) is 0.283. The van der Waals surface area contributed by atoms with Crippen LogP contribution in [0.25, 0.3) is 11.8 Å². The fourth-order valence-corrected chi connectivity index (χ4v) is 3.89. The molecule has 9 nitrogen and oxygen atoms in total. The van der Waals surface area contributed by atoms with Crippen LogP contribution in [0.1, 0.15) is 22.5 Å². The van der Waals surface area contributed by atoms with Crippen molar-refractivity contribution in [2.24, 2.45) is 0 Å². The van der Waals surface area contributed by atoms with E-state index >= 15 is 0 Å². The molecule has 1 fully saturated rings. The van der Waals surface area contributed by atoms with Crippen molar-refractivity contribution in [1.82, 2.24) is 9.88 Å². The number of amides is 4. The molecule has 9 heteroatoms. The normalized spacial score (nSPS) is 15.2. The molecule has 2 heterocycles. The van der Waals surface area contributed by atoms with Gasteiger partial charge in [0.2, 0.25) is 0 Å². The smallest absolute Gasteiger partial charge is 0.318 e. The second-order valence-corrected chi connectivity index (χ2v) is 7.74. The van der Waals surface area contributed by atoms with E-state index < -0.39 is 22.8 Å². The van der Waals surface area contributed by atoms with Crippen LogP contribution in [0, 0.1) is 30.9 Å². The summed E-state index contributed by atoms with van der Waals surface area (Å²) in [5, 5.41) is 13.4. The van der Waals surface area contributed by atoms with Gasteiger partial charge in [-0.1, -0.05) is 18.2 Å². The van der Waals surface area contributed by atoms with Crippen molar-refractivity contribution < 1.29 is 19.3 Å². The SMILES string of the molecule is Cc1cccc(N2C(=O)NC(=O)/C(=C/c3cc(C)n(-c4cccc([N+](=O)[O-])c4)c3C)C2=O)c1. The molecular formula is C24H20N4O5. The van der Waals surface area contributed by atoms with Gasteiger partial charge in [0, 0.05) is 23.5 Å². The Hall–Kier alpha value is -4.53. The zero-order chi connectivity index (χ0) is 23.9. The third-order valence-electron chi connectivity index (χ3n) is 5.43. The minimum Gasteiger partial charge on any atom is -0.318 e. The topological polar surface area (TPSA) is 115 Å². The first-order chi connectivity index (χ1) is 15.7. The molecule has 1 aliphatic heterocycles. The van der Waals surface area contributed by atoms with E-state index in [1.165, 1.54) is 18.2 Å². The molecule has 0 aliphatic carbocycles. The predicted octanol–water partition coefficient (Wildman–Crippen LogP) is 3.98. The molecule has 33 heavy (non-hydrogen) atoms. The number of barbiturate groups is 1. The summed E-state index contributed by atoms with van der Waals surface area (Å²) < 4.78 is 1.80. The molecule has 0 unspecified atom stereocenters. The highest BCUT2D eigenvalue weighted by Gasteiger charge is 2.37. The van der Waals surface area contributed by atoms with Crippen LogP contribution in [0.15, 0.2) is 60.2 Å². The number of urea groups is 1. The average molecular weight is 444 g/mol. The molecular weight excluding hydrogens is 424 g/mol. The molecule has 0 spiro atoms. The molecule has 0 bridgehead atoms. The highest BCUT2D eigenvalue weighted by atomic mass is 16.6. The van der Waals surface area contributed by atoms with E-state index in [4.69, 9.17) is 0 Å². The lowest BCUT2D eigenvalue weighted by Gasteiger charge is -2.26. The number of imide groups is 2. The van der Waals surface area contributed by atoms with Gasteiger partial charge in [-0.2, -0.15) is 0 Å². The maximum atomic E-state index is 13.1. The predicted molar refractivity (Wildman–Crippen MR) is 122 cm³/mol. The van der Waals surface area contributed by atoms with Crippen LogP contribution < -0.4 is 10.2 Å². The highest BCUT2D eigenvalue weighted by Crippen LogP contribution is 2.27. The van der Waals surface area contributed by atoms with Gasteiger partial charge in [0.15, 0.2) is 0 Å². The molecule has 0 atom stereocenters. The monoisotopic (exact) mass is 444 g/mol. The Balaban J connectivity index is 1.77. The Kier molecular flexibility index (Phi) is 5.39. The summed E-state index contributed by atoms with van der Waals surface area (Å²) >= 11 is 0. The number of non-ortho nitro benzene ring substituents is 1. The summed E-state index contributed by atoms with van der Waals surface area (Å²) in [6, 6.07) is 14.0. The summed E-state index contributed by atoms with van der Waals surface area (Å²) in [7, 11) is 0. The van der Waals surface area contributed by atoms with Crippen LogP contribution in [0.2, 0.25) is 0 Å². The molecule has 4 rings (SSSR count). The Morgan fingerprint density at radius 2 is 1.64 bits per heavy atom. The van der Waals surface area contributed by atoms with Crippen LogP contribution in [0.4, 0.5) is 16.2 Å². The number of nitrogens with zero attached hydrogens (tertiary/aromatic N) is 3. The van der Waals surface area contributed by atoms with Gasteiger partial charge in [0.25, 0.3) is 17.5 Å². The van der Waals surface area contributed by atoms with Crippen molar-refractivity contribution in [2.75, 3.05) is 4.90 Å². The number of carbonyl (C=O) groups excluding carboxylic acids is 3. The average Bonchev–Trinajstić information content (AvgIpc) is 3.04. The Labute approximate surface area is 189 Å². The zero-order valence-electron chi connectivity index (χ0n) is 18.2. The third-order valence-corrected chi connectivity index (χ3v) is 5.43. The van der Waals surface area contributed by atoms with Crippen LogP contribution >= 0.6 is 0 Å². The largest absolute Gasteiger partial charge is 0.335 e. The number of nitro benzene ring substituents is 1. The van der Waals surface area contributed by atoms with E-state index in [1.54, 1.807) is 47.9 Å². The number of rotatable bonds is 4. The first-order valence-corrected chi connectivity index (χ1v) is 10.1. The van der Waals surface area contributed by atoms with Gasteiger partial charge in [0.05, 0.1) is 16.3 Å². The van der Waals surface area contributed by atoms with Gasteiger partial charge >= 0.3 is 6.03 Å². The Bertz CT molecular complexity index is 1370. The second kappa shape index (κ2) is 8.19. The van der Waals surface area contributed by atoms with Gasteiger partial charge in [0.1, 0.15) is 5.57 Å². The number of aryl methyl sites for hydroxylation is 2. The Morgan fingerprint density at radius 3 is 2.33 bits per heavy atom. The molecule has 0 saturated carbocycles. The van der Waals surface area contributed by atoms with E-state index in [1.807, 2.05) is 19.9 Å². The van der Waals surface area contributed by atoms with E-state index in [9.17, 15) is 24.5 Å². The van der Waals surface area contributed by atoms with Gasteiger partial charge in [-0.3, -0.25) is 25.0 Å². The molecule has 3 aromatic rings. The molecule has 166 valence electrons. The standard InChI is InChI=1S/C24H20N4O5/c1-14-6-4-7-18(10-14)27-23(30)21(22(29)25-24(27)31)12-17-11-15(2)26(16(17)3)19-8-5-9-20(13-19)28(32)33/h4-13H,1-3H3,(H,25,29,31)/b21-12-. The lowest BCUT2D eigenvalue weighted by molar-refractivity contribution is -0.384. The van der Waals surface area contributed by atoms with Crippen molar-refractivity contribution in [2.45, 2.75) is 20.8 Å². The zero-order valence-corrected chi connectivity index (χ0v) is 18.2. The third kappa shape index (κ3) is 3.91. The van der Waals surface area contributed by atoms with Crippen LogP contribution in [0.3, 0.4) is 0 Å².